The van der Waals surface area contributed by atoms with Gasteiger partial charge in [0.05, 0.1) is 11.5 Å². The van der Waals surface area contributed by atoms with Crippen LogP contribution in [0, 0.1) is 0 Å². The van der Waals surface area contributed by atoms with Crippen LogP contribution in [0.3, 0.4) is 0 Å². The lowest BCUT2D eigenvalue weighted by Gasteiger charge is -2.28. The van der Waals surface area contributed by atoms with E-state index >= 15 is 0 Å². The molecule has 40 heavy (non-hydrogen) atoms. The summed E-state index contributed by atoms with van der Waals surface area (Å²) in [5.41, 5.74) is 7.03. The molecule has 0 radical (unpaired) electrons. The van der Waals surface area contributed by atoms with Crippen LogP contribution in [0.25, 0.3) is 0 Å². The second-order valence-corrected chi connectivity index (χ2v) is 13.8. The van der Waals surface area contributed by atoms with Gasteiger partial charge in [0.15, 0.2) is 0 Å². The number of aryl methyl sites for hydroxylation is 1. The molecule has 0 aliphatic carbocycles. The summed E-state index contributed by atoms with van der Waals surface area (Å²) < 4.78 is 13.7. The van der Waals surface area contributed by atoms with Crippen molar-refractivity contribution in [1.29, 1.82) is 0 Å². The first-order valence-corrected chi connectivity index (χ1v) is 17.8. The quantitative estimate of drug-likeness (QED) is 0.199. The van der Waals surface area contributed by atoms with Crippen LogP contribution in [-0.2, 0) is 15.6 Å². The monoisotopic (exact) mass is 562 g/mol. The molecule has 0 fully saturated rings. The number of benzene rings is 1. The van der Waals surface area contributed by atoms with Crippen molar-refractivity contribution in [3.05, 3.63) is 64.0 Å². The van der Waals surface area contributed by atoms with Gasteiger partial charge in [-0.25, -0.2) is 0 Å². The number of rotatable bonds is 11. The van der Waals surface area contributed by atoms with Crippen LogP contribution in [-0.4, -0.2) is 40.3 Å². The van der Waals surface area contributed by atoms with Gasteiger partial charge in [-0.3, -0.25) is 9.98 Å². The minimum atomic E-state index is -2.16. The first-order valence-electron chi connectivity index (χ1n) is 15.7. The summed E-state index contributed by atoms with van der Waals surface area (Å²) >= 11 is -2.16. The Balaban J connectivity index is 2.60. The van der Waals surface area contributed by atoms with E-state index in [1.54, 1.807) is 0 Å². The van der Waals surface area contributed by atoms with Crippen molar-refractivity contribution in [2.45, 2.75) is 124 Å². The SMILES string of the molecule is C=C(/C=C(CCCC)\C1=C(/C)C=NCCCN=Cc2cc(CCCC)cc(C(C)(C)C)c2[O][Al]([CH3])[O]1)CCCC. The molecule has 0 bridgehead atoms. The molecule has 1 aliphatic heterocycles. The zero-order chi connectivity index (χ0) is 29.5. The van der Waals surface area contributed by atoms with Crippen molar-refractivity contribution in [3.8, 4) is 5.75 Å². The Morgan fingerprint density at radius 1 is 0.950 bits per heavy atom. The first kappa shape index (κ1) is 34.1. The first-order chi connectivity index (χ1) is 19.1. The van der Waals surface area contributed by atoms with E-state index in [0.29, 0.717) is 0 Å². The lowest BCUT2D eigenvalue weighted by molar-refractivity contribution is 0.349. The molecule has 5 heteroatoms. The number of hydrogen-bond acceptors (Lipinski definition) is 4. The molecule has 0 saturated heterocycles. The Kier molecular flexibility index (Phi) is 15.1. The molecule has 1 aromatic carbocycles. The van der Waals surface area contributed by atoms with Crippen LogP contribution in [0.4, 0.5) is 0 Å². The zero-order valence-electron chi connectivity index (χ0n) is 26.9. The van der Waals surface area contributed by atoms with E-state index in [2.05, 4.69) is 79.0 Å². The van der Waals surface area contributed by atoms with E-state index in [9.17, 15) is 0 Å². The van der Waals surface area contributed by atoms with Crippen LogP contribution >= 0.6 is 0 Å². The summed E-state index contributed by atoms with van der Waals surface area (Å²) in [6.07, 6.45) is 17.1. The number of allylic oxidation sites excluding steroid dienone is 4. The minimum absolute atomic E-state index is 0.0653. The van der Waals surface area contributed by atoms with E-state index in [1.165, 1.54) is 41.5 Å². The molecule has 0 unspecified atom stereocenters. The summed E-state index contributed by atoms with van der Waals surface area (Å²) in [6, 6.07) is 4.63. The lowest BCUT2D eigenvalue weighted by Crippen LogP contribution is -2.26. The molecule has 1 aliphatic rings. The highest BCUT2D eigenvalue weighted by atomic mass is 27.2. The van der Waals surface area contributed by atoms with Crippen LogP contribution in [0.1, 0.15) is 123 Å². The number of fused-ring (bicyclic) bond motifs is 1. The van der Waals surface area contributed by atoms with E-state index < -0.39 is 14.8 Å². The third kappa shape index (κ3) is 11.4. The number of nitrogens with zero attached hydrogens (tertiary/aromatic N) is 2. The summed E-state index contributed by atoms with van der Waals surface area (Å²) in [5.74, 6) is 4.00. The second kappa shape index (κ2) is 17.7. The Hall–Kier alpha value is -2.09. The van der Waals surface area contributed by atoms with E-state index in [1.807, 2.05) is 12.4 Å². The Morgan fingerprint density at radius 3 is 2.25 bits per heavy atom. The number of hydrogen-bond donors (Lipinski definition) is 0. The fourth-order valence-electron chi connectivity index (χ4n) is 4.82. The van der Waals surface area contributed by atoms with Gasteiger partial charge < -0.3 is 7.58 Å². The van der Waals surface area contributed by atoms with Gasteiger partial charge in [-0.1, -0.05) is 85.1 Å². The average molecular weight is 563 g/mol. The molecule has 4 nitrogen and oxygen atoms in total. The van der Waals surface area contributed by atoms with Crippen molar-refractivity contribution in [2.75, 3.05) is 13.1 Å². The predicted molar refractivity (Wildman–Crippen MR) is 176 cm³/mol. The van der Waals surface area contributed by atoms with Gasteiger partial charge in [0.25, 0.3) is 0 Å². The molecule has 0 atom stereocenters. The molecule has 0 aromatic heterocycles. The van der Waals surface area contributed by atoms with Gasteiger partial charge in [-0.05, 0) is 85.8 Å². The average Bonchev–Trinajstić information content (AvgIpc) is 2.90. The summed E-state index contributed by atoms with van der Waals surface area (Å²) in [7, 11) is 0. The van der Waals surface area contributed by atoms with Crippen LogP contribution in [0.15, 0.2) is 57.3 Å². The molecule has 1 heterocycles. The van der Waals surface area contributed by atoms with Crippen LogP contribution in [0.5, 0.6) is 5.75 Å². The van der Waals surface area contributed by atoms with Crippen molar-refractivity contribution in [1.82, 2.24) is 0 Å². The van der Waals surface area contributed by atoms with Crippen molar-refractivity contribution in [2.24, 2.45) is 9.98 Å². The fourth-order valence-corrected chi connectivity index (χ4v) is 6.13. The largest absolute Gasteiger partial charge is 0.853 e. The van der Waals surface area contributed by atoms with Crippen molar-refractivity contribution in [3.63, 3.8) is 0 Å². The maximum absolute atomic E-state index is 6.86. The Bertz CT molecular complexity index is 1080. The lowest BCUT2D eigenvalue weighted by atomic mass is 9.83. The molecule has 220 valence electrons. The maximum Gasteiger partial charge on any atom is 0.853 e. The zero-order valence-corrected chi connectivity index (χ0v) is 28.0. The van der Waals surface area contributed by atoms with Gasteiger partial charge in [0, 0.05) is 36.7 Å². The van der Waals surface area contributed by atoms with E-state index in [0.717, 1.165) is 80.7 Å². The minimum Gasteiger partial charge on any atom is -0.611 e. The topological polar surface area (TPSA) is 43.2 Å². The smallest absolute Gasteiger partial charge is 0.611 e. The van der Waals surface area contributed by atoms with Gasteiger partial charge in [0.2, 0.25) is 0 Å². The molecule has 2 rings (SSSR count). The highest BCUT2D eigenvalue weighted by Crippen LogP contribution is 2.36. The molecule has 1 aromatic rings. The molecule has 0 amide bonds. The highest BCUT2D eigenvalue weighted by Gasteiger charge is 2.32. The standard InChI is InChI=1S/C34H54N2O2.CH3.Al/c1-9-12-16-26(4)21-29(18-14-11-3)32(37)27(5)24-35-19-15-20-36-25-30-22-28(17-13-10-2)23-31(33(30)38)34(6,7)8;;/h21-25,37-38H,4,9-20H2,1-3,5-8H3;1H3;/q;;+2/p-2/b29-21-,32-27-,35-24?,36-25?;;. The van der Waals surface area contributed by atoms with Gasteiger partial charge >= 0.3 is 14.8 Å². The van der Waals surface area contributed by atoms with Crippen LogP contribution < -0.4 is 3.79 Å². The Labute approximate surface area is 250 Å². The van der Waals surface area contributed by atoms with E-state index in [4.69, 9.17) is 17.6 Å². The second-order valence-electron chi connectivity index (χ2n) is 12.2. The van der Waals surface area contributed by atoms with Crippen LogP contribution in [0.2, 0.25) is 5.79 Å². The number of unbranched alkanes of at least 4 members (excludes halogenated alkanes) is 3. The summed E-state index contributed by atoms with van der Waals surface area (Å²) in [5, 5.41) is 0. The predicted octanol–water partition coefficient (Wildman–Crippen LogP) is 9.87. The highest BCUT2D eigenvalue weighted by molar-refractivity contribution is 6.44. The molecular formula is C35H55AlN2O2. The van der Waals surface area contributed by atoms with Gasteiger partial charge in [-0.2, -0.15) is 0 Å². The fraction of sp³-hybridized carbons (Fsp3) is 0.600. The van der Waals surface area contributed by atoms with Gasteiger partial charge in [-0.15, -0.1) is 0 Å². The molecule has 0 spiro atoms. The van der Waals surface area contributed by atoms with Crippen molar-refractivity contribution >= 4 is 27.2 Å². The normalized spacial score (nSPS) is 17.2. The third-order valence-corrected chi connectivity index (χ3v) is 8.28. The van der Waals surface area contributed by atoms with Crippen molar-refractivity contribution < 1.29 is 7.58 Å². The van der Waals surface area contributed by atoms with E-state index in [-0.39, 0.29) is 5.41 Å². The Morgan fingerprint density at radius 2 is 1.60 bits per heavy atom. The maximum atomic E-state index is 6.86. The molecule has 0 saturated carbocycles. The molecule has 0 N–H and O–H groups in total. The summed E-state index contributed by atoms with van der Waals surface area (Å²) in [6.45, 7) is 21.5. The third-order valence-electron chi connectivity index (χ3n) is 7.14. The number of aliphatic imine (C=N–C) groups is 2. The van der Waals surface area contributed by atoms with Gasteiger partial charge in [0.1, 0.15) is 0 Å². The summed E-state index contributed by atoms with van der Waals surface area (Å²) in [4.78, 5) is 9.52. The molecular weight excluding hydrogens is 507 g/mol.